The number of ether oxygens (including phenoxy) is 1. The van der Waals surface area contributed by atoms with E-state index in [0.717, 1.165) is 6.07 Å². The zero-order chi connectivity index (χ0) is 17.5. The molecule has 0 saturated heterocycles. The summed E-state index contributed by atoms with van der Waals surface area (Å²) in [7, 11) is 0. The summed E-state index contributed by atoms with van der Waals surface area (Å²) in [5, 5.41) is 23.4. The van der Waals surface area contributed by atoms with Crippen LogP contribution in [0, 0.1) is 21.4 Å². The molecule has 0 saturated carbocycles. The van der Waals surface area contributed by atoms with Crippen LogP contribution in [0.3, 0.4) is 0 Å². The van der Waals surface area contributed by atoms with Crippen molar-refractivity contribution in [2.75, 3.05) is 0 Å². The molecule has 24 heavy (non-hydrogen) atoms. The van der Waals surface area contributed by atoms with Gasteiger partial charge in [0, 0.05) is 12.1 Å². The highest BCUT2D eigenvalue weighted by Gasteiger charge is 2.12. The fraction of sp³-hybridized carbons (Fsp3) is 0. The third kappa shape index (κ3) is 4.28. The standard InChI is InChI=1S/C15H11N5O4/c16-8-11-7-12(20(22)23)3-6-14(11)24-13-4-1-10(2-5-13)9-18-19-15(17)21/h1-7,9H,(H3,17,19,21)/b18-9-. The van der Waals surface area contributed by atoms with Crippen molar-refractivity contribution in [3.8, 4) is 17.6 Å². The van der Waals surface area contributed by atoms with E-state index in [1.165, 1.54) is 18.3 Å². The zero-order valence-electron chi connectivity index (χ0n) is 12.2. The molecule has 0 radical (unpaired) electrons. The molecule has 0 fully saturated rings. The summed E-state index contributed by atoms with van der Waals surface area (Å²) in [4.78, 5) is 20.6. The van der Waals surface area contributed by atoms with E-state index in [9.17, 15) is 14.9 Å². The highest BCUT2D eigenvalue weighted by atomic mass is 16.6. The Balaban J connectivity index is 2.14. The van der Waals surface area contributed by atoms with Crippen molar-refractivity contribution in [2.45, 2.75) is 0 Å². The predicted octanol–water partition coefficient (Wildman–Crippen LogP) is 2.26. The van der Waals surface area contributed by atoms with Gasteiger partial charge in [-0.3, -0.25) is 10.1 Å². The number of hydrazone groups is 1. The minimum atomic E-state index is -0.770. The second kappa shape index (κ2) is 7.37. The van der Waals surface area contributed by atoms with E-state index in [2.05, 4.69) is 10.5 Å². The average Bonchev–Trinajstić information content (AvgIpc) is 2.56. The van der Waals surface area contributed by atoms with Gasteiger partial charge in [0.05, 0.1) is 11.1 Å². The second-order valence-corrected chi connectivity index (χ2v) is 4.45. The lowest BCUT2D eigenvalue weighted by atomic mass is 10.2. The molecule has 9 nitrogen and oxygen atoms in total. The molecule has 0 aliphatic heterocycles. The number of hydrogen-bond donors (Lipinski definition) is 2. The molecule has 0 aliphatic carbocycles. The fourth-order valence-electron chi connectivity index (χ4n) is 1.73. The molecule has 0 spiro atoms. The molecule has 0 bridgehead atoms. The number of nitro groups is 1. The first-order valence-electron chi connectivity index (χ1n) is 6.54. The van der Waals surface area contributed by atoms with Crippen LogP contribution in [0.4, 0.5) is 10.5 Å². The van der Waals surface area contributed by atoms with Gasteiger partial charge in [0.2, 0.25) is 0 Å². The lowest BCUT2D eigenvalue weighted by molar-refractivity contribution is -0.384. The van der Waals surface area contributed by atoms with Crippen molar-refractivity contribution in [1.29, 1.82) is 5.26 Å². The van der Waals surface area contributed by atoms with Gasteiger partial charge >= 0.3 is 6.03 Å². The van der Waals surface area contributed by atoms with E-state index in [0.29, 0.717) is 11.3 Å². The number of benzene rings is 2. The number of carbonyl (C=O) groups excluding carboxylic acids is 1. The summed E-state index contributed by atoms with van der Waals surface area (Å²) >= 11 is 0. The van der Waals surface area contributed by atoms with Gasteiger partial charge in [-0.1, -0.05) is 0 Å². The van der Waals surface area contributed by atoms with E-state index < -0.39 is 11.0 Å². The van der Waals surface area contributed by atoms with Gasteiger partial charge in [-0.25, -0.2) is 10.2 Å². The first-order chi connectivity index (χ1) is 11.5. The Morgan fingerprint density at radius 1 is 1.33 bits per heavy atom. The molecule has 0 unspecified atom stereocenters. The van der Waals surface area contributed by atoms with E-state index in [1.807, 2.05) is 6.07 Å². The summed E-state index contributed by atoms with van der Waals surface area (Å²) in [6.45, 7) is 0. The maximum Gasteiger partial charge on any atom is 0.332 e. The summed E-state index contributed by atoms with van der Waals surface area (Å²) in [5.41, 5.74) is 7.48. The van der Waals surface area contributed by atoms with Gasteiger partial charge < -0.3 is 10.5 Å². The monoisotopic (exact) mass is 325 g/mol. The van der Waals surface area contributed by atoms with Crippen molar-refractivity contribution in [1.82, 2.24) is 5.43 Å². The molecule has 0 aromatic heterocycles. The first kappa shape index (κ1) is 16.4. The average molecular weight is 325 g/mol. The van der Waals surface area contributed by atoms with Crippen LogP contribution in [0.1, 0.15) is 11.1 Å². The van der Waals surface area contributed by atoms with Crippen molar-refractivity contribution in [2.24, 2.45) is 10.8 Å². The van der Waals surface area contributed by atoms with Gasteiger partial charge in [0.25, 0.3) is 5.69 Å². The molecule has 2 amide bonds. The Morgan fingerprint density at radius 3 is 2.62 bits per heavy atom. The number of nitrogens with one attached hydrogen (secondary N) is 1. The number of urea groups is 1. The van der Waals surface area contributed by atoms with Crippen LogP contribution in [-0.2, 0) is 0 Å². The Kier molecular flexibility index (Phi) is 5.05. The predicted molar refractivity (Wildman–Crippen MR) is 84.6 cm³/mol. The van der Waals surface area contributed by atoms with Crippen molar-refractivity contribution in [3.05, 3.63) is 63.7 Å². The van der Waals surface area contributed by atoms with Crippen molar-refractivity contribution >= 4 is 17.9 Å². The van der Waals surface area contributed by atoms with Gasteiger partial charge in [-0.15, -0.1) is 0 Å². The molecule has 3 N–H and O–H groups in total. The van der Waals surface area contributed by atoms with Gasteiger partial charge in [-0.2, -0.15) is 10.4 Å². The van der Waals surface area contributed by atoms with Crippen LogP contribution >= 0.6 is 0 Å². The van der Waals surface area contributed by atoms with E-state index in [1.54, 1.807) is 24.3 Å². The minimum Gasteiger partial charge on any atom is -0.456 e. The van der Waals surface area contributed by atoms with Gasteiger partial charge in [0.1, 0.15) is 23.1 Å². The molecule has 2 aromatic carbocycles. The number of rotatable bonds is 5. The zero-order valence-corrected chi connectivity index (χ0v) is 12.2. The van der Waals surface area contributed by atoms with Gasteiger partial charge in [-0.05, 0) is 35.9 Å². The summed E-state index contributed by atoms with van der Waals surface area (Å²) < 4.78 is 5.55. The normalized spacial score (nSPS) is 10.1. The van der Waals surface area contributed by atoms with Crippen LogP contribution in [-0.4, -0.2) is 17.2 Å². The number of nitrogens with two attached hydrogens (primary N) is 1. The van der Waals surface area contributed by atoms with Crippen LogP contribution < -0.4 is 15.9 Å². The molecular weight excluding hydrogens is 314 g/mol. The quantitative estimate of drug-likeness (QED) is 0.492. The number of hydrogen-bond acceptors (Lipinski definition) is 6. The molecule has 0 atom stereocenters. The fourth-order valence-corrected chi connectivity index (χ4v) is 1.73. The lowest BCUT2D eigenvalue weighted by Gasteiger charge is -2.07. The summed E-state index contributed by atoms with van der Waals surface area (Å²) in [6.07, 6.45) is 1.39. The summed E-state index contributed by atoms with van der Waals surface area (Å²) in [5.74, 6) is 0.639. The molecule has 2 rings (SSSR count). The number of nitrogens with zero attached hydrogens (tertiary/aromatic N) is 3. The third-order valence-electron chi connectivity index (χ3n) is 2.79. The van der Waals surface area contributed by atoms with Crippen LogP contribution in [0.2, 0.25) is 0 Å². The van der Waals surface area contributed by atoms with Crippen LogP contribution in [0.25, 0.3) is 0 Å². The van der Waals surface area contributed by atoms with Crippen molar-refractivity contribution < 1.29 is 14.5 Å². The highest BCUT2D eigenvalue weighted by Crippen LogP contribution is 2.28. The maximum absolute atomic E-state index is 10.7. The van der Waals surface area contributed by atoms with E-state index >= 15 is 0 Å². The SMILES string of the molecule is N#Cc1cc([N+](=O)[O-])ccc1Oc1ccc(/C=N\NC(N)=O)cc1. The number of amides is 2. The second-order valence-electron chi connectivity index (χ2n) is 4.45. The van der Waals surface area contributed by atoms with Crippen LogP contribution in [0.15, 0.2) is 47.6 Å². The number of carbonyl (C=O) groups is 1. The molecule has 120 valence electrons. The Hall–Kier alpha value is -3.93. The largest absolute Gasteiger partial charge is 0.456 e. The lowest BCUT2D eigenvalue weighted by Crippen LogP contribution is -2.24. The van der Waals surface area contributed by atoms with E-state index in [4.69, 9.17) is 15.7 Å². The third-order valence-corrected chi connectivity index (χ3v) is 2.79. The van der Waals surface area contributed by atoms with Crippen LogP contribution in [0.5, 0.6) is 11.5 Å². The minimum absolute atomic E-state index is 0.0560. The Labute approximate surface area is 136 Å². The molecule has 0 aliphatic rings. The van der Waals surface area contributed by atoms with Crippen molar-refractivity contribution in [3.63, 3.8) is 0 Å². The number of primary amides is 1. The highest BCUT2D eigenvalue weighted by molar-refractivity contribution is 5.81. The molecule has 0 heterocycles. The molecular formula is C15H11N5O4. The maximum atomic E-state index is 10.7. The van der Waals surface area contributed by atoms with E-state index in [-0.39, 0.29) is 17.0 Å². The smallest absolute Gasteiger partial charge is 0.332 e. The number of nitro benzene ring substituents is 1. The number of nitriles is 1. The Bertz CT molecular complexity index is 840. The Morgan fingerprint density at radius 2 is 2.04 bits per heavy atom. The topological polar surface area (TPSA) is 144 Å². The van der Waals surface area contributed by atoms with Gasteiger partial charge in [0.15, 0.2) is 0 Å². The first-order valence-corrected chi connectivity index (χ1v) is 6.54. The molecule has 9 heteroatoms. The number of non-ortho nitro benzene ring substituents is 1. The summed E-state index contributed by atoms with van der Waals surface area (Å²) in [6, 6.07) is 11.4. The molecule has 2 aromatic rings.